The van der Waals surface area contributed by atoms with Crippen molar-refractivity contribution in [2.75, 3.05) is 13.2 Å². The Hall–Kier alpha value is 0.930. The molecule has 0 spiro atoms. The molecule has 0 aromatic heterocycles. The normalized spacial score (nSPS) is 31.2. The van der Waals surface area contributed by atoms with Gasteiger partial charge in [0.2, 0.25) is 5.91 Å². The summed E-state index contributed by atoms with van der Waals surface area (Å²) in [5, 5.41) is 21.6. The Morgan fingerprint density at radius 2 is 1.91 bits per heavy atom. The molecule has 2 fully saturated rings. The quantitative estimate of drug-likeness (QED) is 0.325. The van der Waals surface area contributed by atoms with Crippen molar-refractivity contribution >= 4 is 78.9 Å². The molecule has 2 aliphatic rings. The summed E-state index contributed by atoms with van der Waals surface area (Å²) in [5.74, 6) is -0.484. The molecule has 0 saturated carbocycles. The number of carbonyl (C=O) groups excluding carboxylic acids is 2. The van der Waals surface area contributed by atoms with Crippen LogP contribution in [0.5, 0.6) is 0 Å². The monoisotopic (exact) mass is 370 g/mol. The van der Waals surface area contributed by atoms with Crippen LogP contribution in [0, 0.1) is 0 Å². The smallest absolute Gasteiger partial charge is 0.326 e. The number of ether oxygens (including phenoxy) is 1. The molecule has 2 saturated heterocycles. The van der Waals surface area contributed by atoms with Crippen molar-refractivity contribution in [3.63, 3.8) is 0 Å². The number of nitrogens with one attached hydrogen (secondary N) is 1. The van der Waals surface area contributed by atoms with E-state index in [1.807, 2.05) is 5.32 Å². The predicted octanol–water partition coefficient (Wildman–Crippen LogP) is -4.54. The van der Waals surface area contributed by atoms with E-state index in [0.29, 0.717) is 0 Å². The van der Waals surface area contributed by atoms with E-state index in [1.165, 1.54) is 0 Å². The van der Waals surface area contributed by atoms with Gasteiger partial charge < -0.3 is 33.8 Å². The standard InChI is InChI=1S/C9H15N2O9P.2Na/c12-5-1-2-11(9(15)10-5)8-7(14)6(13)4(20-8)3-19-21(16,17)18;;/h4,6-8,13-14H,1-3H2,(H,10,12,15)(H2,16,17,18);;/p-2/t4-,6-,7-,8-;;/m1../s1. The van der Waals surface area contributed by atoms with Gasteiger partial charge in [0.05, 0.1) is 14.4 Å². The molecule has 0 aromatic rings. The van der Waals surface area contributed by atoms with Crippen LogP contribution in [0.2, 0.25) is 0 Å². The Balaban J connectivity index is 0.00000242. The van der Waals surface area contributed by atoms with Gasteiger partial charge in [-0.2, -0.15) is 0 Å². The number of aliphatic hydroxyl groups excluding tert-OH is 2. The number of nitrogens with zero attached hydrogens (tertiary/aromatic N) is 1. The summed E-state index contributed by atoms with van der Waals surface area (Å²) >= 11 is 0. The van der Waals surface area contributed by atoms with E-state index in [9.17, 15) is 34.2 Å². The molecule has 2 heterocycles. The van der Waals surface area contributed by atoms with E-state index in [1.54, 1.807) is 0 Å². The van der Waals surface area contributed by atoms with Crippen molar-refractivity contribution in [3.8, 4) is 0 Å². The first-order valence-electron chi connectivity index (χ1n) is 5.97. The average molecular weight is 370 g/mol. The largest absolute Gasteiger partial charge is 0.790 e. The maximum Gasteiger partial charge on any atom is 0.326 e. The summed E-state index contributed by atoms with van der Waals surface area (Å²) in [7, 11) is -5.25. The van der Waals surface area contributed by atoms with E-state index in [2.05, 4.69) is 4.52 Å². The van der Waals surface area contributed by atoms with Gasteiger partial charge in [-0.1, -0.05) is 0 Å². The second-order valence-corrected chi connectivity index (χ2v) is 5.74. The molecule has 14 heteroatoms. The third-order valence-corrected chi connectivity index (χ3v) is 3.59. The summed E-state index contributed by atoms with van der Waals surface area (Å²) < 4.78 is 19.5. The van der Waals surface area contributed by atoms with Gasteiger partial charge in [0, 0.05) is 72.1 Å². The summed E-state index contributed by atoms with van der Waals surface area (Å²) in [4.78, 5) is 44.4. The molecule has 11 nitrogen and oxygen atoms in total. The van der Waals surface area contributed by atoms with E-state index in [0.717, 1.165) is 4.90 Å². The topological polar surface area (TPSA) is 172 Å². The third kappa shape index (κ3) is 6.30. The number of rotatable bonds is 4. The fraction of sp³-hybridized carbons (Fsp3) is 0.778. The minimum atomic E-state index is -5.25. The van der Waals surface area contributed by atoms with E-state index in [-0.39, 0.29) is 72.1 Å². The van der Waals surface area contributed by atoms with Crippen LogP contribution in [-0.2, 0) is 18.6 Å². The molecule has 122 valence electrons. The number of urea groups is 1. The fourth-order valence-corrected chi connectivity index (χ4v) is 2.44. The van der Waals surface area contributed by atoms with Crippen molar-refractivity contribution in [2.24, 2.45) is 0 Å². The van der Waals surface area contributed by atoms with Gasteiger partial charge in [-0.15, -0.1) is 0 Å². The van der Waals surface area contributed by atoms with Crippen LogP contribution in [0.3, 0.4) is 0 Å². The second-order valence-electron chi connectivity index (χ2n) is 4.59. The average Bonchev–Trinajstić information content (AvgIpc) is 2.64. The molecule has 2 rings (SSSR count). The molecule has 3 amide bonds. The molecule has 3 N–H and O–H groups in total. The second kappa shape index (κ2) is 9.58. The minimum absolute atomic E-state index is 0. The van der Waals surface area contributed by atoms with Crippen LogP contribution in [0.25, 0.3) is 0 Å². The molecule has 2 radical (unpaired) electrons. The number of amides is 3. The van der Waals surface area contributed by atoms with Gasteiger partial charge in [-0.3, -0.25) is 15.0 Å². The zero-order valence-electron chi connectivity index (χ0n) is 12.6. The van der Waals surface area contributed by atoms with Gasteiger partial charge in [-0.05, 0) is 0 Å². The number of phosphoric ester groups is 1. The molecule has 0 unspecified atom stereocenters. The van der Waals surface area contributed by atoms with Crippen LogP contribution in [-0.4, -0.2) is 124 Å². The van der Waals surface area contributed by atoms with Gasteiger partial charge in [-0.25, -0.2) is 4.79 Å². The van der Waals surface area contributed by atoms with E-state index in [4.69, 9.17) is 4.74 Å². The number of phosphoric acid groups is 1. The first kappa shape index (κ1) is 23.9. The molecule has 2 aliphatic heterocycles. The maximum atomic E-state index is 11.6. The van der Waals surface area contributed by atoms with Crippen molar-refractivity contribution in [1.82, 2.24) is 10.2 Å². The van der Waals surface area contributed by atoms with Crippen LogP contribution in [0.4, 0.5) is 4.79 Å². The SMILES string of the molecule is O=C1CCN([C@@H]2O[C@H](COP(=O)([O-])[O-])[C@@H](O)[C@H]2O)C(=O)N1.[Na].[Na]. The van der Waals surface area contributed by atoms with Crippen molar-refractivity contribution < 1.29 is 43.4 Å². The van der Waals surface area contributed by atoms with Gasteiger partial charge in [0.15, 0.2) is 6.23 Å². The Morgan fingerprint density at radius 3 is 2.43 bits per heavy atom. The summed E-state index contributed by atoms with van der Waals surface area (Å²) in [6.07, 6.45) is -5.67. The first-order valence-corrected chi connectivity index (χ1v) is 7.44. The predicted molar refractivity (Wildman–Crippen MR) is 70.6 cm³/mol. The molecule has 23 heavy (non-hydrogen) atoms. The first-order chi connectivity index (χ1) is 9.69. The van der Waals surface area contributed by atoms with Crippen LogP contribution in [0.15, 0.2) is 0 Å². The fourth-order valence-electron chi connectivity index (χ4n) is 2.11. The summed E-state index contributed by atoms with van der Waals surface area (Å²) in [5.41, 5.74) is 0. The van der Waals surface area contributed by atoms with Crippen LogP contribution in [0.1, 0.15) is 6.42 Å². The summed E-state index contributed by atoms with van der Waals surface area (Å²) in [6, 6.07) is -0.803. The van der Waals surface area contributed by atoms with E-state index >= 15 is 0 Å². The molecular formula is C9H13N2Na2O9P-2. The number of hydrogen-bond donors (Lipinski definition) is 3. The molecule has 0 aromatic carbocycles. The van der Waals surface area contributed by atoms with Crippen molar-refractivity contribution in [3.05, 3.63) is 0 Å². The maximum absolute atomic E-state index is 11.6. The van der Waals surface area contributed by atoms with Crippen LogP contribution >= 0.6 is 7.82 Å². The van der Waals surface area contributed by atoms with Crippen molar-refractivity contribution in [2.45, 2.75) is 31.0 Å². The number of carbonyl (C=O) groups is 2. The molecule has 0 bridgehead atoms. The van der Waals surface area contributed by atoms with Gasteiger partial charge in [0.25, 0.3) is 0 Å². The van der Waals surface area contributed by atoms with Gasteiger partial charge >= 0.3 is 6.03 Å². The zero-order valence-corrected chi connectivity index (χ0v) is 17.5. The Labute approximate surface area is 175 Å². The Kier molecular flexibility index (Phi) is 9.97. The minimum Gasteiger partial charge on any atom is -0.790 e. The number of hydrogen-bond acceptors (Lipinski definition) is 9. The summed E-state index contributed by atoms with van der Waals surface area (Å²) in [6.45, 7) is -0.818. The Bertz CT molecular complexity index is 490. The number of aliphatic hydroxyl groups is 2. The third-order valence-electron chi connectivity index (χ3n) is 3.13. The Morgan fingerprint density at radius 1 is 1.30 bits per heavy atom. The van der Waals surface area contributed by atoms with Gasteiger partial charge in [0.1, 0.15) is 18.3 Å². The zero-order chi connectivity index (χ0) is 15.8. The molecule has 0 aliphatic carbocycles. The van der Waals surface area contributed by atoms with Crippen LogP contribution < -0.4 is 15.1 Å². The molecule has 4 atom stereocenters. The molecular weight excluding hydrogens is 357 g/mol. The van der Waals surface area contributed by atoms with E-state index < -0.39 is 50.9 Å². The van der Waals surface area contributed by atoms with Crippen molar-refractivity contribution in [1.29, 1.82) is 0 Å². The number of imide groups is 1.